The summed E-state index contributed by atoms with van der Waals surface area (Å²) >= 11 is 1.48. The molecule has 0 aliphatic carbocycles. The number of aromatic hydroxyl groups is 1. The van der Waals surface area contributed by atoms with Crippen LogP contribution in [0.3, 0.4) is 0 Å². The van der Waals surface area contributed by atoms with Crippen molar-refractivity contribution in [3.8, 4) is 5.75 Å². The Labute approximate surface area is 151 Å². The maximum atomic E-state index is 13.0. The highest BCUT2D eigenvalue weighted by atomic mass is 32.2. The molecular formula is C19H22N2O3S. The van der Waals surface area contributed by atoms with Gasteiger partial charge < -0.3 is 20.0 Å². The summed E-state index contributed by atoms with van der Waals surface area (Å²) in [4.78, 5) is 17.6. The first-order valence-corrected chi connectivity index (χ1v) is 9.04. The molecule has 3 rings (SSSR count). The zero-order valence-electron chi connectivity index (χ0n) is 14.3. The number of hydrogen-bond acceptors (Lipinski definition) is 5. The molecule has 1 amide bonds. The van der Waals surface area contributed by atoms with Crippen molar-refractivity contribution in [3.05, 3.63) is 54.1 Å². The normalized spacial score (nSPS) is 20.5. The number of amides is 1. The first-order chi connectivity index (χ1) is 12.0. The molecule has 5 nitrogen and oxygen atoms in total. The van der Waals surface area contributed by atoms with Crippen LogP contribution in [0.4, 0.5) is 5.69 Å². The third-order valence-electron chi connectivity index (χ3n) is 4.21. The molecule has 0 unspecified atom stereocenters. The second kappa shape index (κ2) is 7.47. The molecular weight excluding hydrogens is 336 g/mol. The van der Waals surface area contributed by atoms with Gasteiger partial charge in [0.1, 0.15) is 11.9 Å². The summed E-state index contributed by atoms with van der Waals surface area (Å²) in [6, 6.07) is 14.4. The van der Waals surface area contributed by atoms with E-state index in [1.54, 1.807) is 29.2 Å². The van der Waals surface area contributed by atoms with Gasteiger partial charge in [0.25, 0.3) is 5.91 Å². The standard InChI is InChI=1S/C19H22N2O3S/c1-20(2)11-12-21-15-5-3-4-6-16(15)25-18(17(23)19(21)24)13-7-9-14(22)10-8-13/h3-10,17-18,22-23H,11-12H2,1-2H3/t17-,18+/m1/s1. The molecule has 0 saturated heterocycles. The number of aliphatic hydroxyl groups excluding tert-OH is 1. The Bertz CT molecular complexity index is 749. The minimum Gasteiger partial charge on any atom is -0.508 e. The van der Waals surface area contributed by atoms with Crippen LogP contribution >= 0.6 is 11.8 Å². The molecule has 1 aliphatic rings. The number of phenolic OH excluding ortho intramolecular Hbond substituents is 1. The smallest absolute Gasteiger partial charge is 0.257 e. The van der Waals surface area contributed by atoms with E-state index in [2.05, 4.69) is 0 Å². The summed E-state index contributed by atoms with van der Waals surface area (Å²) in [6.45, 7) is 1.23. The first-order valence-electron chi connectivity index (χ1n) is 8.16. The van der Waals surface area contributed by atoms with Gasteiger partial charge in [0.05, 0.1) is 10.9 Å². The van der Waals surface area contributed by atoms with Crippen LogP contribution in [0.2, 0.25) is 0 Å². The van der Waals surface area contributed by atoms with Gasteiger partial charge in [-0.05, 0) is 43.9 Å². The fourth-order valence-electron chi connectivity index (χ4n) is 2.83. The average Bonchev–Trinajstić information content (AvgIpc) is 2.70. The lowest BCUT2D eigenvalue weighted by Crippen LogP contribution is -2.43. The highest BCUT2D eigenvalue weighted by molar-refractivity contribution is 7.99. The topological polar surface area (TPSA) is 64.0 Å². The summed E-state index contributed by atoms with van der Waals surface area (Å²) in [5.41, 5.74) is 1.65. The summed E-state index contributed by atoms with van der Waals surface area (Å²) < 4.78 is 0. The first kappa shape index (κ1) is 17.8. The van der Waals surface area contributed by atoms with Crippen LogP contribution in [0.1, 0.15) is 10.8 Å². The number of carbonyl (C=O) groups is 1. The number of phenols is 1. The molecule has 132 valence electrons. The van der Waals surface area contributed by atoms with Gasteiger partial charge in [-0.3, -0.25) is 4.79 Å². The fraction of sp³-hybridized carbons (Fsp3) is 0.316. The van der Waals surface area contributed by atoms with E-state index in [0.29, 0.717) is 13.1 Å². The highest BCUT2D eigenvalue weighted by Crippen LogP contribution is 2.45. The average molecular weight is 358 g/mol. The lowest BCUT2D eigenvalue weighted by atomic mass is 10.1. The fourth-order valence-corrected chi connectivity index (χ4v) is 4.10. The predicted octanol–water partition coefficient (Wildman–Crippen LogP) is 2.49. The molecule has 2 atom stereocenters. The molecule has 6 heteroatoms. The largest absolute Gasteiger partial charge is 0.508 e. The van der Waals surface area contributed by atoms with E-state index in [1.165, 1.54) is 11.8 Å². The zero-order chi connectivity index (χ0) is 18.0. The summed E-state index contributed by atoms with van der Waals surface area (Å²) in [7, 11) is 3.91. The highest BCUT2D eigenvalue weighted by Gasteiger charge is 2.37. The number of likely N-dealkylation sites (N-methyl/N-ethyl adjacent to an activating group) is 1. The van der Waals surface area contributed by atoms with E-state index in [4.69, 9.17) is 0 Å². The summed E-state index contributed by atoms with van der Waals surface area (Å²) in [6.07, 6.45) is -1.15. The Morgan fingerprint density at radius 1 is 1.12 bits per heavy atom. The third-order valence-corrected chi connectivity index (χ3v) is 5.59. The van der Waals surface area contributed by atoms with E-state index in [-0.39, 0.29) is 11.7 Å². The van der Waals surface area contributed by atoms with Gasteiger partial charge in [-0.15, -0.1) is 11.8 Å². The molecule has 0 saturated carbocycles. The van der Waals surface area contributed by atoms with Crippen LogP contribution in [-0.2, 0) is 4.79 Å². The van der Waals surface area contributed by atoms with Crippen LogP contribution in [0.5, 0.6) is 5.75 Å². The second-order valence-electron chi connectivity index (χ2n) is 6.34. The van der Waals surface area contributed by atoms with Crippen molar-refractivity contribution >= 4 is 23.4 Å². The predicted molar refractivity (Wildman–Crippen MR) is 100 cm³/mol. The molecule has 2 aromatic carbocycles. The number of para-hydroxylation sites is 1. The maximum absolute atomic E-state index is 13.0. The summed E-state index contributed by atoms with van der Waals surface area (Å²) in [5, 5.41) is 19.8. The molecule has 0 bridgehead atoms. The van der Waals surface area contributed by atoms with Crippen molar-refractivity contribution in [2.24, 2.45) is 0 Å². The van der Waals surface area contributed by atoms with Gasteiger partial charge in [-0.1, -0.05) is 24.3 Å². The molecule has 2 aromatic rings. The third kappa shape index (κ3) is 3.81. The van der Waals surface area contributed by atoms with E-state index < -0.39 is 11.4 Å². The van der Waals surface area contributed by atoms with Crippen LogP contribution in [0.25, 0.3) is 0 Å². The number of anilines is 1. The van der Waals surface area contributed by atoms with Gasteiger partial charge >= 0.3 is 0 Å². The van der Waals surface area contributed by atoms with Gasteiger partial charge in [-0.25, -0.2) is 0 Å². The van der Waals surface area contributed by atoms with Gasteiger partial charge in [-0.2, -0.15) is 0 Å². The Morgan fingerprint density at radius 3 is 2.48 bits per heavy atom. The van der Waals surface area contributed by atoms with Crippen molar-refractivity contribution in [1.29, 1.82) is 0 Å². The molecule has 1 heterocycles. The Hall–Kier alpha value is -2.02. The maximum Gasteiger partial charge on any atom is 0.257 e. The number of thioether (sulfide) groups is 1. The van der Waals surface area contributed by atoms with Gasteiger partial charge in [0.15, 0.2) is 0 Å². The van der Waals surface area contributed by atoms with Crippen LogP contribution in [-0.4, -0.2) is 54.3 Å². The monoisotopic (exact) mass is 358 g/mol. The Balaban J connectivity index is 1.99. The van der Waals surface area contributed by atoms with E-state index in [1.807, 2.05) is 43.3 Å². The Morgan fingerprint density at radius 2 is 1.80 bits per heavy atom. The molecule has 25 heavy (non-hydrogen) atoms. The zero-order valence-corrected chi connectivity index (χ0v) is 15.1. The number of rotatable bonds is 4. The quantitative estimate of drug-likeness (QED) is 0.879. The Kier molecular flexibility index (Phi) is 5.32. The molecule has 0 spiro atoms. The van der Waals surface area contributed by atoms with E-state index in [0.717, 1.165) is 16.1 Å². The molecule has 0 radical (unpaired) electrons. The van der Waals surface area contributed by atoms with Crippen LogP contribution in [0, 0.1) is 0 Å². The second-order valence-corrected chi connectivity index (χ2v) is 7.52. The number of fused-ring (bicyclic) bond motifs is 1. The lowest BCUT2D eigenvalue weighted by Gasteiger charge is -2.26. The van der Waals surface area contributed by atoms with Crippen molar-refractivity contribution in [1.82, 2.24) is 4.90 Å². The van der Waals surface area contributed by atoms with Crippen molar-refractivity contribution < 1.29 is 15.0 Å². The molecule has 0 fully saturated rings. The molecule has 1 aliphatic heterocycles. The van der Waals surface area contributed by atoms with Crippen LogP contribution in [0.15, 0.2) is 53.4 Å². The number of benzene rings is 2. The van der Waals surface area contributed by atoms with Gasteiger partial charge in [0, 0.05) is 18.0 Å². The van der Waals surface area contributed by atoms with Crippen molar-refractivity contribution in [3.63, 3.8) is 0 Å². The number of carbonyl (C=O) groups excluding carboxylic acids is 1. The summed E-state index contributed by atoms with van der Waals surface area (Å²) in [5.74, 6) is -0.131. The minimum absolute atomic E-state index is 0.163. The van der Waals surface area contributed by atoms with Crippen LogP contribution < -0.4 is 4.90 Å². The molecule has 0 aromatic heterocycles. The van der Waals surface area contributed by atoms with Crippen molar-refractivity contribution in [2.75, 3.05) is 32.1 Å². The SMILES string of the molecule is CN(C)CCN1C(=O)[C@H](O)[C@H](c2ccc(O)cc2)Sc2ccccc21. The number of aliphatic hydroxyl groups is 1. The van der Waals surface area contributed by atoms with Gasteiger partial charge in [0.2, 0.25) is 0 Å². The lowest BCUT2D eigenvalue weighted by molar-refractivity contribution is -0.126. The minimum atomic E-state index is -1.15. The van der Waals surface area contributed by atoms with E-state index in [9.17, 15) is 15.0 Å². The van der Waals surface area contributed by atoms with Crippen molar-refractivity contribution in [2.45, 2.75) is 16.2 Å². The van der Waals surface area contributed by atoms with E-state index >= 15 is 0 Å². The number of hydrogen-bond donors (Lipinski definition) is 2. The number of nitrogens with zero attached hydrogens (tertiary/aromatic N) is 2. The molecule has 2 N–H and O–H groups in total.